The molecule has 4 heterocycles. The average molecular weight is 361 g/mol. The van der Waals surface area contributed by atoms with E-state index in [4.69, 9.17) is 0 Å². The van der Waals surface area contributed by atoms with Crippen molar-refractivity contribution in [2.75, 3.05) is 11.5 Å². The molecule has 0 fully saturated rings. The molecule has 98 valence electrons. The van der Waals surface area contributed by atoms with Gasteiger partial charge in [0.2, 0.25) is 0 Å². The van der Waals surface area contributed by atoms with E-state index >= 15 is 0 Å². The van der Waals surface area contributed by atoms with E-state index < -0.39 is 0 Å². The van der Waals surface area contributed by atoms with Gasteiger partial charge in [-0.05, 0) is 5.41 Å². The Balaban J connectivity index is 1.52. The Hall–Kier alpha value is 0.530. The molecule has 1 aromatic rings. The van der Waals surface area contributed by atoms with Gasteiger partial charge in [-0.1, -0.05) is 47.0 Å². The molecule has 8 heteroatoms. The van der Waals surface area contributed by atoms with E-state index in [1.807, 2.05) is 76.8 Å². The lowest BCUT2D eigenvalue weighted by atomic mass is 10.5. The molecule has 0 aliphatic carbocycles. The summed E-state index contributed by atoms with van der Waals surface area (Å²) in [6, 6.07) is 0. The summed E-state index contributed by atoms with van der Waals surface area (Å²) in [4.78, 5) is 8.53. The maximum atomic E-state index is 4.09. The summed E-state index contributed by atoms with van der Waals surface area (Å²) in [5.74, 6) is 2.50. The van der Waals surface area contributed by atoms with E-state index in [2.05, 4.69) is 15.4 Å². The van der Waals surface area contributed by atoms with Crippen LogP contribution in [0.1, 0.15) is 5.69 Å². The fourth-order valence-corrected chi connectivity index (χ4v) is 10.2. The topological polar surface area (TPSA) is 28.7 Å². The number of rotatable bonds is 1. The average Bonchev–Trinajstić information content (AvgIpc) is 3.17. The van der Waals surface area contributed by atoms with Crippen LogP contribution in [0.2, 0.25) is 0 Å². The molecule has 1 aromatic heterocycles. The molecule has 0 aromatic carbocycles. The Morgan fingerprint density at radius 2 is 1.74 bits per heavy atom. The highest BCUT2D eigenvalue weighted by Gasteiger charge is 2.29. The van der Waals surface area contributed by atoms with Crippen LogP contribution < -0.4 is 0 Å². The van der Waals surface area contributed by atoms with E-state index in [0.717, 1.165) is 5.69 Å². The van der Waals surface area contributed by atoms with Crippen LogP contribution in [-0.4, -0.2) is 21.5 Å². The Morgan fingerprint density at radius 1 is 0.947 bits per heavy atom. The second-order valence-corrected chi connectivity index (χ2v) is 10.9. The monoisotopic (exact) mass is 360 g/mol. The number of aromatic nitrogens is 2. The Morgan fingerprint density at radius 3 is 2.42 bits per heavy atom. The van der Waals surface area contributed by atoms with Gasteiger partial charge in [-0.25, -0.2) is 4.98 Å². The van der Waals surface area contributed by atoms with E-state index in [-0.39, 0.29) is 0 Å². The maximum Gasteiger partial charge on any atom is 0.0924 e. The van der Waals surface area contributed by atoms with Crippen molar-refractivity contribution >= 4 is 75.5 Å². The molecule has 0 saturated heterocycles. The molecule has 0 atom stereocenters. The zero-order valence-corrected chi connectivity index (χ0v) is 14.4. The molecule has 1 N–H and O–H groups in total. The maximum absolute atomic E-state index is 4.09. The Bertz CT molecular complexity index is 581. The lowest BCUT2D eigenvalue weighted by Gasteiger charge is -2.08. The second-order valence-electron chi connectivity index (χ2n) is 3.72. The minimum atomic E-state index is 1.11. The van der Waals surface area contributed by atoms with Crippen molar-refractivity contribution in [3.8, 4) is 0 Å². The van der Waals surface area contributed by atoms with Crippen LogP contribution in [0.15, 0.2) is 34.9 Å². The SMILES string of the molecule is C1=C(c2cnc[nH]2)SC(=C2SC3=C(SCCS3)S2)S1. The molecule has 19 heavy (non-hydrogen) atoms. The predicted octanol–water partition coefficient (Wildman–Crippen LogP) is 5.40. The predicted molar refractivity (Wildman–Crippen MR) is 95.9 cm³/mol. The number of nitrogens with one attached hydrogen (secondary N) is 1. The van der Waals surface area contributed by atoms with Crippen molar-refractivity contribution in [3.05, 3.63) is 40.6 Å². The zero-order chi connectivity index (χ0) is 12.7. The molecule has 0 spiro atoms. The molecule has 0 saturated carbocycles. The summed E-state index contributed by atoms with van der Waals surface area (Å²) in [5, 5.41) is 2.22. The fourth-order valence-electron chi connectivity index (χ4n) is 1.66. The van der Waals surface area contributed by atoms with Gasteiger partial charge in [0.05, 0.1) is 35.2 Å². The third-order valence-corrected chi connectivity index (χ3v) is 11.2. The molecule has 3 aliphatic heterocycles. The minimum Gasteiger partial charge on any atom is -0.344 e. The van der Waals surface area contributed by atoms with Gasteiger partial charge in [-0.3, -0.25) is 0 Å². The number of aromatic amines is 1. The number of imidazole rings is 1. The summed E-state index contributed by atoms with van der Waals surface area (Å²) in [6.07, 6.45) is 3.62. The van der Waals surface area contributed by atoms with Crippen molar-refractivity contribution in [1.29, 1.82) is 0 Å². The number of nitrogens with zero attached hydrogens (tertiary/aromatic N) is 1. The van der Waals surface area contributed by atoms with Gasteiger partial charge in [0.15, 0.2) is 0 Å². The fraction of sp³-hybridized carbons (Fsp3) is 0.182. The van der Waals surface area contributed by atoms with Gasteiger partial charge in [0.25, 0.3) is 0 Å². The largest absolute Gasteiger partial charge is 0.344 e. The number of hydrogen-bond acceptors (Lipinski definition) is 7. The summed E-state index contributed by atoms with van der Waals surface area (Å²) >= 11 is 11.6. The van der Waals surface area contributed by atoms with Crippen molar-refractivity contribution in [3.63, 3.8) is 0 Å². The number of H-pyrrole nitrogens is 1. The van der Waals surface area contributed by atoms with Crippen molar-refractivity contribution in [2.45, 2.75) is 0 Å². The highest BCUT2D eigenvalue weighted by Crippen LogP contribution is 2.64. The van der Waals surface area contributed by atoms with E-state index in [1.54, 1.807) is 6.33 Å². The molecule has 2 nitrogen and oxygen atoms in total. The molecule has 0 amide bonds. The van der Waals surface area contributed by atoms with Gasteiger partial charge in [0.1, 0.15) is 0 Å². The normalized spacial score (nSPS) is 23.1. The minimum absolute atomic E-state index is 1.11. The Labute approximate surface area is 136 Å². The molecule has 0 unspecified atom stereocenters. The summed E-state index contributed by atoms with van der Waals surface area (Å²) in [7, 11) is 0. The number of thioether (sulfide) groups is 6. The standard InChI is InChI=1S/C11H8N2S6/c1-2-15-9-8(14-1)18-11(19-9)10-16-4-7(17-10)6-3-12-5-13-6/h3-5H,1-2H2,(H,12,13). The van der Waals surface area contributed by atoms with Crippen LogP contribution in [0.4, 0.5) is 0 Å². The second kappa shape index (κ2) is 5.73. The highest BCUT2D eigenvalue weighted by molar-refractivity contribution is 8.43. The first-order chi connectivity index (χ1) is 9.40. The molecule has 3 aliphatic rings. The first kappa shape index (κ1) is 13.2. The molecular formula is C11H8N2S6. The Kier molecular flexibility index (Phi) is 3.98. The van der Waals surface area contributed by atoms with E-state index in [9.17, 15) is 0 Å². The summed E-state index contributed by atoms with van der Waals surface area (Å²) < 4.78 is 5.89. The van der Waals surface area contributed by atoms with Crippen LogP contribution in [0.3, 0.4) is 0 Å². The van der Waals surface area contributed by atoms with Gasteiger partial charge in [-0.15, -0.1) is 23.5 Å². The molecular weight excluding hydrogens is 353 g/mol. The van der Waals surface area contributed by atoms with Crippen LogP contribution in [-0.2, 0) is 0 Å². The number of hydrogen-bond donors (Lipinski definition) is 1. The van der Waals surface area contributed by atoms with Gasteiger partial charge in [-0.2, -0.15) is 0 Å². The van der Waals surface area contributed by atoms with Crippen molar-refractivity contribution < 1.29 is 0 Å². The summed E-state index contributed by atoms with van der Waals surface area (Å²) in [6.45, 7) is 0. The van der Waals surface area contributed by atoms with Gasteiger partial charge < -0.3 is 4.98 Å². The lowest BCUT2D eigenvalue weighted by Crippen LogP contribution is -1.88. The smallest absolute Gasteiger partial charge is 0.0924 e. The van der Waals surface area contributed by atoms with Crippen LogP contribution in [0.5, 0.6) is 0 Å². The van der Waals surface area contributed by atoms with E-state index in [1.165, 1.54) is 33.4 Å². The van der Waals surface area contributed by atoms with E-state index in [0.29, 0.717) is 0 Å². The lowest BCUT2D eigenvalue weighted by molar-refractivity contribution is 1.31. The molecule has 0 radical (unpaired) electrons. The third-order valence-electron chi connectivity index (χ3n) is 2.49. The van der Waals surface area contributed by atoms with Crippen molar-refractivity contribution in [1.82, 2.24) is 9.97 Å². The van der Waals surface area contributed by atoms with Crippen molar-refractivity contribution in [2.24, 2.45) is 0 Å². The first-order valence-corrected chi connectivity index (χ1v) is 10.8. The quantitative estimate of drug-likeness (QED) is 0.717. The molecule has 0 bridgehead atoms. The van der Waals surface area contributed by atoms with Gasteiger partial charge in [0, 0.05) is 16.4 Å². The van der Waals surface area contributed by atoms with Gasteiger partial charge >= 0.3 is 0 Å². The van der Waals surface area contributed by atoms with Crippen LogP contribution in [0.25, 0.3) is 4.91 Å². The summed E-state index contributed by atoms with van der Waals surface area (Å²) in [5.41, 5.74) is 1.11. The zero-order valence-electron chi connectivity index (χ0n) is 9.54. The third kappa shape index (κ3) is 2.67. The molecule has 4 rings (SSSR count). The van der Waals surface area contributed by atoms with Crippen LogP contribution >= 0.6 is 70.6 Å². The highest BCUT2D eigenvalue weighted by atomic mass is 32.3. The van der Waals surface area contributed by atoms with Crippen LogP contribution in [0, 0.1) is 0 Å². The first-order valence-electron chi connectivity index (χ1n) is 5.53.